The van der Waals surface area contributed by atoms with Crippen LogP contribution in [-0.2, 0) is 0 Å². The summed E-state index contributed by atoms with van der Waals surface area (Å²) in [5.41, 5.74) is 1.43. The maximum Gasteiger partial charge on any atom is 0.254 e. The third-order valence-electron chi connectivity index (χ3n) is 2.51. The van der Waals surface area contributed by atoms with Crippen LogP contribution in [-0.4, -0.2) is 23.9 Å². The van der Waals surface area contributed by atoms with E-state index >= 15 is 0 Å². The molecule has 4 heteroatoms. The lowest BCUT2D eigenvalue weighted by atomic mass is 10.1. The van der Waals surface area contributed by atoms with Gasteiger partial charge in [0.15, 0.2) is 0 Å². The lowest BCUT2D eigenvalue weighted by molar-refractivity contribution is 0.0773. The van der Waals surface area contributed by atoms with Crippen molar-refractivity contribution in [3.63, 3.8) is 0 Å². The van der Waals surface area contributed by atoms with Gasteiger partial charge < -0.3 is 4.90 Å². The van der Waals surface area contributed by atoms with Crippen LogP contribution in [0.25, 0.3) is 0 Å². The van der Waals surface area contributed by atoms with Gasteiger partial charge in [0.1, 0.15) is 6.04 Å². The smallest absolute Gasteiger partial charge is 0.254 e. The highest BCUT2D eigenvalue weighted by molar-refractivity contribution is 6.31. The number of carbonyl (C=O) groups excluding carboxylic acids is 1. The van der Waals surface area contributed by atoms with E-state index in [2.05, 4.69) is 0 Å². The highest BCUT2D eigenvalue weighted by Gasteiger charge is 2.17. The number of rotatable bonds is 2. The van der Waals surface area contributed by atoms with Crippen LogP contribution in [0.1, 0.15) is 22.8 Å². The number of nitrogens with zero attached hydrogens (tertiary/aromatic N) is 2. The average molecular weight is 237 g/mol. The minimum atomic E-state index is -0.451. The zero-order valence-electron chi connectivity index (χ0n) is 9.49. The standard InChI is InChI=1S/C12H13ClN2O/c1-8-4-5-10(6-11(8)13)12(16)15(3)9(2)7-14/h4-6,9H,1-3H3. The largest absolute Gasteiger partial charge is 0.326 e. The third-order valence-corrected chi connectivity index (χ3v) is 2.91. The summed E-state index contributed by atoms with van der Waals surface area (Å²) in [5.74, 6) is -0.198. The van der Waals surface area contributed by atoms with Gasteiger partial charge >= 0.3 is 0 Å². The first kappa shape index (κ1) is 12.5. The molecule has 1 aromatic rings. The van der Waals surface area contributed by atoms with Gasteiger partial charge in [0, 0.05) is 17.6 Å². The first-order valence-corrected chi connectivity index (χ1v) is 5.28. The highest BCUT2D eigenvalue weighted by atomic mass is 35.5. The summed E-state index contributed by atoms with van der Waals surface area (Å²) in [6.07, 6.45) is 0. The molecule has 1 amide bonds. The molecule has 0 aliphatic carbocycles. The van der Waals surface area contributed by atoms with E-state index in [1.807, 2.05) is 13.0 Å². The van der Waals surface area contributed by atoms with Crippen molar-refractivity contribution < 1.29 is 4.79 Å². The molecule has 0 radical (unpaired) electrons. The van der Waals surface area contributed by atoms with Gasteiger partial charge in [-0.15, -0.1) is 0 Å². The number of nitriles is 1. The number of benzene rings is 1. The van der Waals surface area contributed by atoms with Crippen LogP contribution >= 0.6 is 11.6 Å². The number of hydrogen-bond acceptors (Lipinski definition) is 2. The van der Waals surface area contributed by atoms with E-state index in [9.17, 15) is 4.79 Å². The van der Waals surface area contributed by atoms with Crippen molar-refractivity contribution >= 4 is 17.5 Å². The Balaban J connectivity index is 2.98. The molecule has 0 aromatic heterocycles. The van der Waals surface area contributed by atoms with Gasteiger partial charge in [0.2, 0.25) is 0 Å². The van der Waals surface area contributed by atoms with Crippen molar-refractivity contribution in [2.45, 2.75) is 19.9 Å². The third kappa shape index (κ3) is 2.53. The second kappa shape index (κ2) is 5.00. The first-order chi connectivity index (χ1) is 7.47. The fourth-order valence-corrected chi connectivity index (χ4v) is 1.37. The normalized spacial score (nSPS) is 11.7. The number of amides is 1. The SMILES string of the molecule is Cc1ccc(C(=O)N(C)C(C)C#N)cc1Cl. The molecule has 1 unspecified atom stereocenters. The quantitative estimate of drug-likeness (QED) is 0.792. The minimum Gasteiger partial charge on any atom is -0.326 e. The molecule has 0 aliphatic rings. The first-order valence-electron chi connectivity index (χ1n) is 4.90. The van der Waals surface area contributed by atoms with Gasteiger partial charge in [-0.1, -0.05) is 17.7 Å². The van der Waals surface area contributed by atoms with Crippen molar-refractivity contribution in [3.05, 3.63) is 34.3 Å². The van der Waals surface area contributed by atoms with E-state index < -0.39 is 6.04 Å². The van der Waals surface area contributed by atoms with Crippen molar-refractivity contribution in [2.24, 2.45) is 0 Å². The fourth-order valence-electron chi connectivity index (χ4n) is 1.19. The van der Waals surface area contributed by atoms with Gasteiger partial charge in [0.05, 0.1) is 6.07 Å². The van der Waals surface area contributed by atoms with E-state index in [0.717, 1.165) is 5.56 Å². The van der Waals surface area contributed by atoms with E-state index in [0.29, 0.717) is 10.6 Å². The van der Waals surface area contributed by atoms with Crippen molar-refractivity contribution in [2.75, 3.05) is 7.05 Å². The number of halogens is 1. The number of hydrogen-bond donors (Lipinski definition) is 0. The highest BCUT2D eigenvalue weighted by Crippen LogP contribution is 2.18. The van der Waals surface area contributed by atoms with Gasteiger partial charge in [-0.05, 0) is 31.5 Å². The zero-order valence-corrected chi connectivity index (χ0v) is 10.2. The Kier molecular flexibility index (Phi) is 3.92. The van der Waals surface area contributed by atoms with Crippen LogP contribution in [0.4, 0.5) is 0 Å². The summed E-state index contributed by atoms with van der Waals surface area (Å²) < 4.78 is 0. The summed E-state index contributed by atoms with van der Waals surface area (Å²) in [7, 11) is 1.60. The Bertz CT molecular complexity index is 451. The molecule has 0 heterocycles. The predicted octanol–water partition coefficient (Wildman–Crippen LogP) is 2.63. The Morgan fingerprint density at radius 1 is 1.56 bits per heavy atom. The molecule has 0 aliphatic heterocycles. The summed E-state index contributed by atoms with van der Waals surface area (Å²) in [6, 6.07) is 6.69. The molecule has 1 atom stereocenters. The molecule has 0 saturated carbocycles. The Morgan fingerprint density at radius 3 is 2.69 bits per heavy atom. The molecular weight excluding hydrogens is 224 g/mol. The Hall–Kier alpha value is -1.53. The van der Waals surface area contributed by atoms with Gasteiger partial charge in [-0.2, -0.15) is 5.26 Å². The van der Waals surface area contributed by atoms with Gasteiger partial charge in [-0.3, -0.25) is 4.79 Å². The van der Waals surface area contributed by atoms with E-state index in [1.54, 1.807) is 32.2 Å². The van der Waals surface area contributed by atoms with Gasteiger partial charge in [0.25, 0.3) is 5.91 Å². The second-order valence-corrected chi connectivity index (χ2v) is 4.09. The topological polar surface area (TPSA) is 44.1 Å². The summed E-state index contributed by atoms with van der Waals surface area (Å²) in [6.45, 7) is 3.55. The fraction of sp³-hybridized carbons (Fsp3) is 0.333. The molecule has 0 spiro atoms. The van der Waals surface area contributed by atoms with Crippen molar-refractivity contribution in [1.82, 2.24) is 4.90 Å². The van der Waals surface area contributed by atoms with Crippen LogP contribution in [0.15, 0.2) is 18.2 Å². The monoisotopic (exact) mass is 236 g/mol. The van der Waals surface area contributed by atoms with Crippen LogP contribution in [0.5, 0.6) is 0 Å². The molecule has 3 nitrogen and oxygen atoms in total. The number of carbonyl (C=O) groups is 1. The molecule has 1 aromatic carbocycles. The molecule has 84 valence electrons. The van der Waals surface area contributed by atoms with E-state index in [1.165, 1.54) is 4.90 Å². The molecule has 0 saturated heterocycles. The van der Waals surface area contributed by atoms with Crippen LogP contribution in [0, 0.1) is 18.3 Å². The molecule has 1 rings (SSSR count). The summed E-state index contributed by atoms with van der Waals surface area (Å²) in [5, 5.41) is 9.29. The zero-order chi connectivity index (χ0) is 12.3. The van der Waals surface area contributed by atoms with Crippen LogP contribution in [0.2, 0.25) is 5.02 Å². The molecule has 0 fully saturated rings. The summed E-state index contributed by atoms with van der Waals surface area (Å²) in [4.78, 5) is 13.3. The lowest BCUT2D eigenvalue weighted by Crippen LogP contribution is -2.34. The minimum absolute atomic E-state index is 0.198. The molecule has 16 heavy (non-hydrogen) atoms. The Labute approximate surface area is 100 Å². The maximum atomic E-state index is 11.9. The van der Waals surface area contributed by atoms with Crippen molar-refractivity contribution in [3.8, 4) is 6.07 Å². The maximum absolute atomic E-state index is 11.9. The van der Waals surface area contributed by atoms with E-state index in [-0.39, 0.29) is 5.91 Å². The van der Waals surface area contributed by atoms with Crippen LogP contribution < -0.4 is 0 Å². The predicted molar refractivity (Wildman–Crippen MR) is 63.4 cm³/mol. The summed E-state index contributed by atoms with van der Waals surface area (Å²) >= 11 is 5.94. The lowest BCUT2D eigenvalue weighted by Gasteiger charge is -2.19. The Morgan fingerprint density at radius 2 is 2.19 bits per heavy atom. The van der Waals surface area contributed by atoms with Crippen molar-refractivity contribution in [1.29, 1.82) is 5.26 Å². The van der Waals surface area contributed by atoms with E-state index in [4.69, 9.17) is 16.9 Å². The molecule has 0 bridgehead atoms. The van der Waals surface area contributed by atoms with Crippen LogP contribution in [0.3, 0.4) is 0 Å². The average Bonchev–Trinajstić information content (AvgIpc) is 2.29. The second-order valence-electron chi connectivity index (χ2n) is 3.69. The molecule has 0 N–H and O–H groups in total. The van der Waals surface area contributed by atoms with Gasteiger partial charge in [-0.25, -0.2) is 0 Å². The number of aryl methyl sites for hydroxylation is 1. The molecular formula is C12H13ClN2O.